The van der Waals surface area contributed by atoms with Gasteiger partial charge in [0.15, 0.2) is 5.11 Å². The van der Waals surface area contributed by atoms with Crippen LogP contribution in [-0.2, 0) is 0 Å². The van der Waals surface area contributed by atoms with Crippen LogP contribution in [0.4, 0.5) is 5.69 Å². The fourth-order valence-corrected chi connectivity index (χ4v) is 4.70. The van der Waals surface area contributed by atoms with Gasteiger partial charge in [-0.05, 0) is 89.8 Å². The first-order valence-electron chi connectivity index (χ1n) is 8.85. The van der Waals surface area contributed by atoms with Crippen molar-refractivity contribution in [1.29, 1.82) is 0 Å². The molecule has 0 atom stereocenters. The van der Waals surface area contributed by atoms with Crippen LogP contribution in [0.2, 0.25) is 0 Å². The van der Waals surface area contributed by atoms with E-state index in [4.69, 9.17) is 17.2 Å². The van der Waals surface area contributed by atoms with Crippen LogP contribution < -0.4 is 10.6 Å². The Labute approximate surface area is 191 Å². The maximum atomic E-state index is 12.4. The lowest BCUT2D eigenvalue weighted by molar-refractivity contribution is 0.0977. The van der Waals surface area contributed by atoms with Crippen LogP contribution in [-0.4, -0.2) is 16.0 Å². The Morgan fingerprint density at radius 3 is 2.59 bits per heavy atom. The molecule has 0 fully saturated rings. The van der Waals surface area contributed by atoms with Gasteiger partial charge in [0, 0.05) is 14.8 Å². The van der Waals surface area contributed by atoms with Crippen LogP contribution in [0.25, 0.3) is 20.8 Å². The molecule has 0 saturated heterocycles. The zero-order valence-corrected chi connectivity index (χ0v) is 19.2. The van der Waals surface area contributed by atoms with E-state index in [0.29, 0.717) is 5.56 Å². The Balaban J connectivity index is 1.49. The molecule has 4 aromatic rings. The van der Waals surface area contributed by atoms with Gasteiger partial charge in [-0.25, -0.2) is 4.98 Å². The number of benzene rings is 3. The number of hydrogen-bond acceptors (Lipinski definition) is 4. The Hall–Kier alpha value is -2.36. The molecule has 1 amide bonds. The topological polar surface area (TPSA) is 54.0 Å². The second-order valence-electron chi connectivity index (χ2n) is 6.40. The summed E-state index contributed by atoms with van der Waals surface area (Å²) in [5.41, 5.74) is 4.53. The fraction of sp³-hybridized carbons (Fsp3) is 0.0455. The molecule has 0 spiro atoms. The van der Waals surface area contributed by atoms with Gasteiger partial charge in [-0.15, -0.1) is 11.3 Å². The molecule has 4 nitrogen and oxygen atoms in total. The summed E-state index contributed by atoms with van der Waals surface area (Å²) in [7, 11) is 0. The normalized spacial score (nSPS) is 10.7. The summed E-state index contributed by atoms with van der Waals surface area (Å²) >= 11 is 9.14. The van der Waals surface area contributed by atoms with E-state index in [1.165, 1.54) is 4.70 Å². The van der Waals surface area contributed by atoms with E-state index in [9.17, 15) is 4.79 Å². The number of aromatic nitrogens is 1. The number of anilines is 1. The predicted octanol–water partition coefficient (Wildman–Crippen LogP) is 6.00. The predicted molar refractivity (Wildman–Crippen MR) is 133 cm³/mol. The summed E-state index contributed by atoms with van der Waals surface area (Å²) in [6.07, 6.45) is 0. The minimum Gasteiger partial charge on any atom is -0.332 e. The molecular weight excluding hydrogens is 513 g/mol. The van der Waals surface area contributed by atoms with Crippen LogP contribution in [0.5, 0.6) is 0 Å². The van der Waals surface area contributed by atoms with Crippen molar-refractivity contribution in [1.82, 2.24) is 10.3 Å². The van der Waals surface area contributed by atoms with Crippen molar-refractivity contribution in [3.05, 3.63) is 81.4 Å². The van der Waals surface area contributed by atoms with E-state index in [1.807, 2.05) is 55.5 Å². The van der Waals surface area contributed by atoms with Crippen molar-refractivity contribution in [3.8, 4) is 10.6 Å². The standard InChI is InChI=1S/C22H16IN3OS2/c1-13-12-14(21-24-18-8-4-5-9-19(18)29-21)10-11-17(13)25-22(28)26-20(27)15-6-2-3-7-16(15)23/h2-12H,1H3,(H2,25,26,27,28). The molecule has 3 aromatic carbocycles. The first-order valence-corrected chi connectivity index (χ1v) is 11.1. The molecule has 1 heterocycles. The molecule has 4 rings (SSSR count). The van der Waals surface area contributed by atoms with Crippen molar-refractivity contribution in [2.45, 2.75) is 6.92 Å². The first-order chi connectivity index (χ1) is 14.0. The first kappa shape index (κ1) is 19.9. The van der Waals surface area contributed by atoms with Crippen LogP contribution in [0.3, 0.4) is 0 Å². The van der Waals surface area contributed by atoms with Gasteiger partial charge in [0.1, 0.15) is 5.01 Å². The lowest BCUT2D eigenvalue weighted by Crippen LogP contribution is -2.34. The van der Waals surface area contributed by atoms with Crippen LogP contribution in [0.1, 0.15) is 15.9 Å². The lowest BCUT2D eigenvalue weighted by atomic mass is 10.1. The molecule has 0 saturated carbocycles. The minimum atomic E-state index is -0.226. The molecule has 1 aromatic heterocycles. The van der Waals surface area contributed by atoms with Crippen molar-refractivity contribution in [2.24, 2.45) is 0 Å². The number of thiocarbonyl (C=S) groups is 1. The monoisotopic (exact) mass is 529 g/mol. The maximum Gasteiger partial charge on any atom is 0.258 e. The Bertz CT molecular complexity index is 1200. The van der Waals surface area contributed by atoms with E-state index in [-0.39, 0.29) is 11.0 Å². The highest BCUT2D eigenvalue weighted by Gasteiger charge is 2.12. The molecule has 29 heavy (non-hydrogen) atoms. The van der Waals surface area contributed by atoms with E-state index >= 15 is 0 Å². The fourth-order valence-electron chi connectivity index (χ4n) is 2.90. The van der Waals surface area contributed by atoms with Gasteiger partial charge in [0.25, 0.3) is 5.91 Å². The summed E-state index contributed by atoms with van der Waals surface area (Å²) in [5, 5.41) is 7.11. The highest BCUT2D eigenvalue weighted by atomic mass is 127. The molecule has 0 aliphatic rings. The second kappa shape index (κ2) is 8.56. The number of rotatable bonds is 3. The number of thiazole rings is 1. The van der Waals surface area contributed by atoms with E-state index in [1.54, 1.807) is 17.4 Å². The third-order valence-electron chi connectivity index (χ3n) is 4.36. The average molecular weight is 529 g/mol. The van der Waals surface area contributed by atoms with Crippen LogP contribution in [0, 0.1) is 10.5 Å². The summed E-state index contributed by atoms with van der Waals surface area (Å²) < 4.78 is 2.04. The number of fused-ring (bicyclic) bond motifs is 1. The number of para-hydroxylation sites is 1. The number of halogens is 1. The molecule has 0 radical (unpaired) electrons. The maximum absolute atomic E-state index is 12.4. The number of nitrogens with zero attached hydrogens (tertiary/aromatic N) is 1. The van der Waals surface area contributed by atoms with Crippen LogP contribution in [0.15, 0.2) is 66.7 Å². The molecular formula is C22H16IN3OS2. The van der Waals surface area contributed by atoms with Crippen molar-refractivity contribution in [2.75, 3.05) is 5.32 Å². The van der Waals surface area contributed by atoms with Crippen LogP contribution >= 0.6 is 46.1 Å². The van der Waals surface area contributed by atoms with Gasteiger partial charge < -0.3 is 5.32 Å². The van der Waals surface area contributed by atoms with Crippen molar-refractivity contribution >= 4 is 73.1 Å². The number of nitrogens with one attached hydrogen (secondary N) is 2. The summed E-state index contributed by atoms with van der Waals surface area (Å²) in [5.74, 6) is -0.226. The van der Waals surface area contributed by atoms with Gasteiger partial charge >= 0.3 is 0 Å². The third kappa shape index (κ3) is 4.47. The Kier molecular flexibility index (Phi) is 5.89. The number of aryl methyl sites for hydroxylation is 1. The van der Waals surface area contributed by atoms with Crippen molar-refractivity contribution < 1.29 is 4.79 Å². The smallest absolute Gasteiger partial charge is 0.258 e. The molecule has 2 N–H and O–H groups in total. The Morgan fingerprint density at radius 1 is 1.07 bits per heavy atom. The zero-order valence-electron chi connectivity index (χ0n) is 15.4. The SMILES string of the molecule is Cc1cc(-c2nc3ccccc3s2)ccc1NC(=S)NC(=O)c1ccccc1I. The quantitative estimate of drug-likeness (QED) is 0.253. The largest absolute Gasteiger partial charge is 0.332 e. The van der Waals surface area contributed by atoms with E-state index in [0.717, 1.165) is 30.9 Å². The van der Waals surface area contributed by atoms with Gasteiger partial charge in [-0.2, -0.15) is 0 Å². The number of hydrogen-bond donors (Lipinski definition) is 2. The number of carbonyl (C=O) groups excluding carboxylic acids is 1. The van der Waals surface area contributed by atoms with Gasteiger partial charge in [0.05, 0.1) is 15.8 Å². The minimum absolute atomic E-state index is 0.226. The lowest BCUT2D eigenvalue weighted by Gasteiger charge is -2.13. The van der Waals surface area contributed by atoms with Gasteiger partial charge in [0.2, 0.25) is 0 Å². The highest BCUT2D eigenvalue weighted by molar-refractivity contribution is 14.1. The van der Waals surface area contributed by atoms with Gasteiger partial charge in [-0.1, -0.05) is 24.3 Å². The molecule has 0 aliphatic carbocycles. The summed E-state index contributed by atoms with van der Waals surface area (Å²) in [6, 6.07) is 21.5. The molecule has 7 heteroatoms. The van der Waals surface area contributed by atoms with Crippen molar-refractivity contribution in [3.63, 3.8) is 0 Å². The second-order valence-corrected chi connectivity index (χ2v) is 9.01. The number of amides is 1. The zero-order chi connectivity index (χ0) is 20.4. The van der Waals surface area contributed by atoms with E-state index in [2.05, 4.69) is 45.4 Å². The number of carbonyl (C=O) groups is 1. The highest BCUT2D eigenvalue weighted by Crippen LogP contribution is 2.31. The average Bonchev–Trinajstić information content (AvgIpc) is 3.14. The molecule has 144 valence electrons. The van der Waals surface area contributed by atoms with Gasteiger partial charge in [-0.3, -0.25) is 10.1 Å². The molecule has 0 bridgehead atoms. The summed E-state index contributed by atoms with van der Waals surface area (Å²) in [6.45, 7) is 2.00. The molecule has 0 unspecified atom stereocenters. The van der Waals surface area contributed by atoms with E-state index < -0.39 is 0 Å². The summed E-state index contributed by atoms with van der Waals surface area (Å²) in [4.78, 5) is 17.1. The third-order valence-corrected chi connectivity index (χ3v) is 6.59. The Morgan fingerprint density at radius 2 is 1.83 bits per heavy atom. The molecule has 0 aliphatic heterocycles.